The Labute approximate surface area is 69.6 Å². The third-order valence-corrected chi connectivity index (χ3v) is 4.06. The van der Waals surface area contributed by atoms with Crippen LogP contribution in [0.1, 0.15) is 39.5 Å². The predicted molar refractivity (Wildman–Crippen MR) is 47.5 cm³/mol. The van der Waals surface area contributed by atoms with Crippen molar-refractivity contribution in [3.05, 3.63) is 0 Å². The van der Waals surface area contributed by atoms with Gasteiger partial charge < -0.3 is 5.32 Å². The van der Waals surface area contributed by atoms with Gasteiger partial charge in [-0.3, -0.25) is 0 Å². The molecule has 0 amide bonds. The van der Waals surface area contributed by atoms with Crippen molar-refractivity contribution in [1.82, 2.24) is 5.32 Å². The molecule has 64 valence electrons. The van der Waals surface area contributed by atoms with Gasteiger partial charge in [0, 0.05) is 5.54 Å². The van der Waals surface area contributed by atoms with E-state index in [1.807, 2.05) is 0 Å². The first-order valence-corrected chi connectivity index (χ1v) is 5.00. The minimum absolute atomic E-state index is 0.581. The third-order valence-electron chi connectivity index (χ3n) is 4.06. The predicted octanol–water partition coefficient (Wildman–Crippen LogP) is 2.17. The van der Waals surface area contributed by atoms with Crippen LogP contribution in [0, 0.1) is 11.8 Å². The van der Waals surface area contributed by atoms with Gasteiger partial charge in [0.05, 0.1) is 0 Å². The fourth-order valence-electron chi connectivity index (χ4n) is 2.81. The molecule has 1 heteroatoms. The standard InChI is InChI=1S/C10H19N/c1-8-4-3-5-10(9(8)2)6-7-11-10/h8-9,11H,3-7H2,1-2H3. The van der Waals surface area contributed by atoms with E-state index >= 15 is 0 Å². The summed E-state index contributed by atoms with van der Waals surface area (Å²) in [6.07, 6.45) is 5.75. The lowest BCUT2D eigenvalue weighted by Crippen LogP contribution is -2.63. The molecular formula is C10H19N. The summed E-state index contributed by atoms with van der Waals surface area (Å²) >= 11 is 0. The highest BCUT2D eigenvalue weighted by Gasteiger charge is 2.45. The van der Waals surface area contributed by atoms with E-state index in [9.17, 15) is 0 Å². The minimum Gasteiger partial charge on any atom is -0.311 e. The summed E-state index contributed by atoms with van der Waals surface area (Å²) in [6, 6.07) is 0. The fourth-order valence-corrected chi connectivity index (χ4v) is 2.81. The van der Waals surface area contributed by atoms with Crippen LogP contribution in [0.2, 0.25) is 0 Å². The van der Waals surface area contributed by atoms with Gasteiger partial charge in [-0.05, 0) is 31.2 Å². The average Bonchev–Trinajstić information content (AvgIpc) is 1.91. The molecule has 1 saturated heterocycles. The quantitative estimate of drug-likeness (QED) is 0.562. The summed E-state index contributed by atoms with van der Waals surface area (Å²) < 4.78 is 0. The maximum atomic E-state index is 3.64. The van der Waals surface area contributed by atoms with Crippen LogP contribution in [0.5, 0.6) is 0 Å². The Morgan fingerprint density at radius 1 is 1.27 bits per heavy atom. The van der Waals surface area contributed by atoms with Crippen LogP contribution >= 0.6 is 0 Å². The maximum absolute atomic E-state index is 3.64. The minimum atomic E-state index is 0.581. The Morgan fingerprint density at radius 2 is 2.00 bits per heavy atom. The van der Waals surface area contributed by atoms with Crippen LogP contribution in [0.4, 0.5) is 0 Å². The lowest BCUT2D eigenvalue weighted by Gasteiger charge is -2.53. The SMILES string of the molecule is CC1CCCC2(CCN2)C1C. The molecule has 1 aliphatic carbocycles. The molecule has 11 heavy (non-hydrogen) atoms. The summed E-state index contributed by atoms with van der Waals surface area (Å²) in [5.74, 6) is 1.85. The molecule has 1 spiro atoms. The van der Waals surface area contributed by atoms with Crippen molar-refractivity contribution in [2.24, 2.45) is 11.8 Å². The Hall–Kier alpha value is -0.0400. The molecular weight excluding hydrogens is 134 g/mol. The Morgan fingerprint density at radius 3 is 2.45 bits per heavy atom. The van der Waals surface area contributed by atoms with Gasteiger partial charge in [0.1, 0.15) is 0 Å². The van der Waals surface area contributed by atoms with Crippen LogP contribution < -0.4 is 5.32 Å². The number of nitrogens with one attached hydrogen (secondary N) is 1. The zero-order valence-corrected chi connectivity index (χ0v) is 7.69. The second-order valence-electron chi connectivity index (χ2n) is 4.49. The van der Waals surface area contributed by atoms with Gasteiger partial charge in [0.2, 0.25) is 0 Å². The highest BCUT2D eigenvalue weighted by Crippen LogP contribution is 2.42. The second kappa shape index (κ2) is 2.48. The highest BCUT2D eigenvalue weighted by molar-refractivity contribution is 5.03. The van der Waals surface area contributed by atoms with Crippen molar-refractivity contribution < 1.29 is 0 Å². The Balaban J connectivity index is 2.07. The summed E-state index contributed by atoms with van der Waals surface area (Å²) in [4.78, 5) is 0. The molecule has 3 unspecified atom stereocenters. The Bertz CT molecular complexity index is 149. The van der Waals surface area contributed by atoms with Crippen molar-refractivity contribution in [2.45, 2.75) is 45.1 Å². The van der Waals surface area contributed by atoms with Crippen molar-refractivity contribution in [3.63, 3.8) is 0 Å². The largest absolute Gasteiger partial charge is 0.311 e. The van der Waals surface area contributed by atoms with Crippen molar-refractivity contribution >= 4 is 0 Å². The molecule has 0 aromatic carbocycles. The molecule has 1 heterocycles. The molecule has 1 saturated carbocycles. The zero-order valence-electron chi connectivity index (χ0n) is 7.69. The zero-order chi connectivity index (χ0) is 7.90. The molecule has 2 aliphatic rings. The van der Waals surface area contributed by atoms with Gasteiger partial charge >= 0.3 is 0 Å². The van der Waals surface area contributed by atoms with Crippen LogP contribution in [0.3, 0.4) is 0 Å². The molecule has 2 rings (SSSR count). The molecule has 3 atom stereocenters. The number of hydrogen-bond acceptors (Lipinski definition) is 1. The van der Waals surface area contributed by atoms with Crippen LogP contribution in [-0.2, 0) is 0 Å². The molecule has 0 radical (unpaired) electrons. The summed E-state index contributed by atoms with van der Waals surface area (Å²) in [7, 11) is 0. The van der Waals surface area contributed by atoms with E-state index in [-0.39, 0.29) is 0 Å². The number of rotatable bonds is 0. The third kappa shape index (κ3) is 1.01. The van der Waals surface area contributed by atoms with Crippen molar-refractivity contribution in [1.29, 1.82) is 0 Å². The van der Waals surface area contributed by atoms with Gasteiger partial charge in [-0.1, -0.05) is 26.7 Å². The lowest BCUT2D eigenvalue weighted by atomic mass is 9.64. The lowest BCUT2D eigenvalue weighted by molar-refractivity contribution is 0.0463. The van der Waals surface area contributed by atoms with Gasteiger partial charge in [0.15, 0.2) is 0 Å². The number of hydrogen-bond donors (Lipinski definition) is 1. The summed E-state index contributed by atoms with van der Waals surface area (Å²) in [5.41, 5.74) is 0.581. The van der Waals surface area contributed by atoms with Crippen LogP contribution in [0.15, 0.2) is 0 Å². The first kappa shape index (κ1) is 7.60. The monoisotopic (exact) mass is 153 g/mol. The molecule has 2 fully saturated rings. The maximum Gasteiger partial charge on any atom is 0.0221 e. The second-order valence-corrected chi connectivity index (χ2v) is 4.49. The normalized spacial score (nSPS) is 50.7. The fraction of sp³-hybridized carbons (Fsp3) is 1.00. The van der Waals surface area contributed by atoms with Crippen LogP contribution in [0.25, 0.3) is 0 Å². The van der Waals surface area contributed by atoms with E-state index in [0.717, 1.165) is 11.8 Å². The topological polar surface area (TPSA) is 12.0 Å². The summed E-state index contributed by atoms with van der Waals surface area (Å²) in [5, 5.41) is 3.64. The molecule has 0 aromatic heterocycles. The average molecular weight is 153 g/mol. The Kier molecular flexibility index (Phi) is 1.71. The summed E-state index contributed by atoms with van der Waals surface area (Å²) in [6.45, 7) is 6.10. The highest BCUT2D eigenvalue weighted by atomic mass is 15.1. The van der Waals surface area contributed by atoms with Gasteiger partial charge in [-0.25, -0.2) is 0 Å². The molecule has 0 aromatic rings. The molecule has 1 N–H and O–H groups in total. The van der Waals surface area contributed by atoms with Gasteiger partial charge in [-0.15, -0.1) is 0 Å². The van der Waals surface area contributed by atoms with Gasteiger partial charge in [0.25, 0.3) is 0 Å². The molecule has 1 nitrogen and oxygen atoms in total. The van der Waals surface area contributed by atoms with Crippen LogP contribution in [-0.4, -0.2) is 12.1 Å². The van der Waals surface area contributed by atoms with E-state index in [1.54, 1.807) is 0 Å². The van der Waals surface area contributed by atoms with E-state index < -0.39 is 0 Å². The van der Waals surface area contributed by atoms with Crippen molar-refractivity contribution in [2.75, 3.05) is 6.54 Å². The van der Waals surface area contributed by atoms with Gasteiger partial charge in [-0.2, -0.15) is 0 Å². The molecule has 1 aliphatic heterocycles. The van der Waals surface area contributed by atoms with E-state index in [2.05, 4.69) is 19.2 Å². The van der Waals surface area contributed by atoms with E-state index in [4.69, 9.17) is 0 Å². The van der Waals surface area contributed by atoms with Crippen molar-refractivity contribution in [3.8, 4) is 0 Å². The molecule has 0 bridgehead atoms. The smallest absolute Gasteiger partial charge is 0.0221 e. The van der Waals surface area contributed by atoms with E-state index in [1.165, 1.54) is 32.2 Å². The van der Waals surface area contributed by atoms with E-state index in [0.29, 0.717) is 5.54 Å². The first-order valence-electron chi connectivity index (χ1n) is 5.00. The first-order chi connectivity index (χ1) is 5.25.